The smallest absolute Gasteiger partial charge is 0.265 e. The van der Waals surface area contributed by atoms with Gasteiger partial charge in [-0.1, -0.05) is 0 Å². The highest BCUT2D eigenvalue weighted by atomic mass is 19.1. The molecular formula is C21H22FN3O4. The molecule has 7 nitrogen and oxygen atoms in total. The Morgan fingerprint density at radius 2 is 1.83 bits per heavy atom. The normalized spacial score (nSPS) is 16.9. The van der Waals surface area contributed by atoms with Gasteiger partial charge in [0, 0.05) is 43.5 Å². The number of nitrogens with one attached hydrogen (secondary N) is 1. The lowest BCUT2D eigenvalue weighted by molar-refractivity contribution is -0.121. The first kappa shape index (κ1) is 19.4. The van der Waals surface area contributed by atoms with Crippen LogP contribution in [0.1, 0.15) is 10.4 Å². The van der Waals surface area contributed by atoms with Gasteiger partial charge < -0.3 is 19.7 Å². The zero-order valence-electron chi connectivity index (χ0n) is 15.9. The third-order valence-corrected chi connectivity index (χ3v) is 5.01. The molecule has 0 aliphatic carbocycles. The van der Waals surface area contributed by atoms with Crippen LogP contribution in [0.4, 0.5) is 15.8 Å². The van der Waals surface area contributed by atoms with Gasteiger partial charge in [0.25, 0.3) is 11.8 Å². The Morgan fingerprint density at radius 1 is 1.07 bits per heavy atom. The van der Waals surface area contributed by atoms with E-state index in [0.717, 1.165) is 19.6 Å². The number of carbonyl (C=O) groups excluding carboxylic acids is 2. The number of morpholine rings is 1. The maximum atomic E-state index is 13.0. The number of rotatable bonds is 5. The lowest BCUT2D eigenvalue weighted by Gasteiger charge is -2.33. The van der Waals surface area contributed by atoms with Gasteiger partial charge in [0.05, 0.1) is 18.9 Å². The van der Waals surface area contributed by atoms with Crippen LogP contribution in [0, 0.1) is 5.82 Å². The van der Waals surface area contributed by atoms with Crippen LogP contribution in [0.25, 0.3) is 0 Å². The first-order chi connectivity index (χ1) is 14.1. The Bertz CT molecular complexity index is 897. The second-order valence-electron chi connectivity index (χ2n) is 6.93. The van der Waals surface area contributed by atoms with E-state index < -0.39 is 5.82 Å². The minimum atomic E-state index is -0.398. The van der Waals surface area contributed by atoms with Gasteiger partial charge in [-0.05, 0) is 36.4 Å². The molecule has 0 spiro atoms. The zero-order valence-corrected chi connectivity index (χ0v) is 15.9. The van der Waals surface area contributed by atoms with Crippen molar-refractivity contribution in [2.75, 3.05) is 56.2 Å². The molecule has 1 fully saturated rings. The molecule has 0 bridgehead atoms. The number of carbonyl (C=O) groups is 2. The Labute approximate surface area is 168 Å². The van der Waals surface area contributed by atoms with E-state index in [1.165, 1.54) is 24.3 Å². The maximum absolute atomic E-state index is 13.0. The molecule has 2 aliphatic heterocycles. The summed E-state index contributed by atoms with van der Waals surface area (Å²) in [6.45, 7) is 4.44. The predicted molar refractivity (Wildman–Crippen MR) is 106 cm³/mol. The van der Waals surface area contributed by atoms with Crippen LogP contribution in [-0.2, 0) is 9.53 Å². The van der Waals surface area contributed by atoms with E-state index in [1.807, 2.05) is 0 Å². The third kappa shape index (κ3) is 4.55. The number of ether oxygens (including phenoxy) is 2. The Morgan fingerprint density at radius 3 is 2.59 bits per heavy atom. The molecule has 152 valence electrons. The summed E-state index contributed by atoms with van der Waals surface area (Å²) in [6.07, 6.45) is 0. The summed E-state index contributed by atoms with van der Waals surface area (Å²) < 4.78 is 24.0. The molecule has 0 unspecified atom stereocenters. The SMILES string of the molecule is O=C(Nc1ccc2c(c1)OCC(=O)N2CCN1CCOCC1)c1ccc(F)cc1. The number of benzene rings is 2. The highest BCUT2D eigenvalue weighted by molar-refractivity contribution is 6.05. The molecule has 8 heteroatoms. The number of amides is 2. The highest BCUT2D eigenvalue weighted by Gasteiger charge is 2.26. The number of fused-ring (bicyclic) bond motifs is 1. The van der Waals surface area contributed by atoms with Crippen LogP contribution in [-0.4, -0.2) is 62.7 Å². The lowest BCUT2D eigenvalue weighted by atomic mass is 10.1. The first-order valence-electron chi connectivity index (χ1n) is 9.54. The Balaban J connectivity index is 1.45. The van der Waals surface area contributed by atoms with Crippen molar-refractivity contribution in [2.24, 2.45) is 0 Å². The van der Waals surface area contributed by atoms with Gasteiger partial charge in [-0.3, -0.25) is 14.5 Å². The fraction of sp³-hybridized carbons (Fsp3) is 0.333. The standard InChI is InChI=1S/C21H22FN3O4/c22-16-3-1-15(2-4-16)21(27)23-17-5-6-18-19(13-17)29-14-20(26)25(18)8-7-24-9-11-28-12-10-24/h1-6,13H,7-12,14H2,(H,23,27). The van der Waals surface area contributed by atoms with Crippen molar-refractivity contribution in [3.8, 4) is 5.75 Å². The monoisotopic (exact) mass is 399 g/mol. The van der Waals surface area contributed by atoms with Gasteiger partial charge in [-0.25, -0.2) is 4.39 Å². The van der Waals surface area contributed by atoms with Crippen molar-refractivity contribution in [1.82, 2.24) is 4.90 Å². The molecule has 1 saturated heterocycles. The molecule has 2 amide bonds. The molecule has 1 N–H and O–H groups in total. The predicted octanol–water partition coefficient (Wildman–Crippen LogP) is 2.14. The van der Waals surface area contributed by atoms with Crippen molar-refractivity contribution in [1.29, 1.82) is 0 Å². The van der Waals surface area contributed by atoms with Crippen molar-refractivity contribution in [3.63, 3.8) is 0 Å². The second kappa shape index (κ2) is 8.59. The molecular weight excluding hydrogens is 377 g/mol. The molecule has 0 radical (unpaired) electrons. The summed E-state index contributed by atoms with van der Waals surface area (Å²) in [5.41, 5.74) is 1.59. The summed E-state index contributed by atoms with van der Waals surface area (Å²) in [5.74, 6) is -0.288. The van der Waals surface area contributed by atoms with Crippen LogP contribution < -0.4 is 15.0 Å². The van der Waals surface area contributed by atoms with E-state index in [2.05, 4.69) is 10.2 Å². The van der Waals surface area contributed by atoms with Gasteiger partial charge in [0.2, 0.25) is 0 Å². The molecule has 2 aliphatic rings. The maximum Gasteiger partial charge on any atom is 0.265 e. The quantitative estimate of drug-likeness (QED) is 0.834. The molecule has 2 aromatic rings. The van der Waals surface area contributed by atoms with Crippen molar-refractivity contribution < 1.29 is 23.5 Å². The molecule has 0 atom stereocenters. The minimum Gasteiger partial charge on any atom is -0.481 e. The zero-order chi connectivity index (χ0) is 20.2. The van der Waals surface area contributed by atoms with Gasteiger partial charge >= 0.3 is 0 Å². The average molecular weight is 399 g/mol. The average Bonchev–Trinajstić information content (AvgIpc) is 2.74. The summed E-state index contributed by atoms with van der Waals surface area (Å²) in [7, 11) is 0. The van der Waals surface area contributed by atoms with Crippen LogP contribution in [0.2, 0.25) is 0 Å². The number of anilines is 2. The lowest BCUT2D eigenvalue weighted by Crippen LogP contribution is -2.45. The fourth-order valence-corrected chi connectivity index (χ4v) is 3.40. The van der Waals surface area contributed by atoms with Gasteiger partial charge in [0.1, 0.15) is 11.6 Å². The fourth-order valence-electron chi connectivity index (χ4n) is 3.40. The Hall–Kier alpha value is -2.97. The van der Waals surface area contributed by atoms with E-state index in [9.17, 15) is 14.0 Å². The van der Waals surface area contributed by atoms with Crippen molar-refractivity contribution in [3.05, 3.63) is 53.8 Å². The van der Waals surface area contributed by atoms with Gasteiger partial charge in [0.15, 0.2) is 6.61 Å². The largest absolute Gasteiger partial charge is 0.481 e. The summed E-state index contributed by atoms with van der Waals surface area (Å²) in [5, 5.41) is 2.77. The summed E-state index contributed by atoms with van der Waals surface area (Å²) >= 11 is 0. The molecule has 2 heterocycles. The van der Waals surface area contributed by atoms with Gasteiger partial charge in [-0.2, -0.15) is 0 Å². The van der Waals surface area contributed by atoms with Gasteiger partial charge in [-0.15, -0.1) is 0 Å². The third-order valence-electron chi connectivity index (χ3n) is 5.01. The first-order valence-corrected chi connectivity index (χ1v) is 9.54. The molecule has 4 rings (SSSR count). The minimum absolute atomic E-state index is 0.0362. The number of hydrogen-bond donors (Lipinski definition) is 1. The van der Waals surface area contributed by atoms with Crippen LogP contribution in [0.15, 0.2) is 42.5 Å². The molecule has 0 saturated carbocycles. The van der Waals surface area contributed by atoms with Crippen LogP contribution in [0.5, 0.6) is 5.75 Å². The van der Waals surface area contributed by atoms with E-state index in [4.69, 9.17) is 9.47 Å². The highest BCUT2D eigenvalue weighted by Crippen LogP contribution is 2.34. The van der Waals surface area contributed by atoms with Crippen LogP contribution >= 0.6 is 0 Å². The second-order valence-corrected chi connectivity index (χ2v) is 6.93. The molecule has 2 aromatic carbocycles. The number of halogens is 1. The van der Waals surface area contributed by atoms with Crippen molar-refractivity contribution in [2.45, 2.75) is 0 Å². The van der Waals surface area contributed by atoms with Crippen LogP contribution in [0.3, 0.4) is 0 Å². The topological polar surface area (TPSA) is 71.1 Å². The summed E-state index contributed by atoms with van der Waals surface area (Å²) in [6, 6.07) is 10.5. The molecule has 29 heavy (non-hydrogen) atoms. The molecule has 0 aromatic heterocycles. The number of hydrogen-bond acceptors (Lipinski definition) is 5. The number of nitrogens with zero attached hydrogens (tertiary/aromatic N) is 2. The van der Waals surface area contributed by atoms with E-state index in [-0.39, 0.29) is 18.4 Å². The van der Waals surface area contributed by atoms with E-state index >= 15 is 0 Å². The summed E-state index contributed by atoms with van der Waals surface area (Å²) in [4.78, 5) is 28.7. The Kier molecular flexibility index (Phi) is 5.73. The van der Waals surface area contributed by atoms with E-state index in [0.29, 0.717) is 42.4 Å². The van der Waals surface area contributed by atoms with E-state index in [1.54, 1.807) is 23.1 Å². The van der Waals surface area contributed by atoms with Crippen molar-refractivity contribution >= 4 is 23.2 Å².